The second-order valence-electron chi connectivity index (χ2n) is 4.87. The molecule has 1 aromatic carbocycles. The molecular weight excluding hydrogens is 338 g/mol. The minimum absolute atomic E-state index is 0.204. The van der Waals surface area contributed by atoms with E-state index in [1.807, 2.05) is 19.0 Å². The highest BCUT2D eigenvalue weighted by Crippen LogP contribution is 2.43. The lowest BCUT2D eigenvalue weighted by Gasteiger charge is -2.14. The van der Waals surface area contributed by atoms with Gasteiger partial charge in [0.25, 0.3) is 0 Å². The number of rotatable bonds is 4. The van der Waals surface area contributed by atoms with E-state index in [9.17, 15) is 9.59 Å². The Morgan fingerprint density at radius 1 is 1.04 bits per heavy atom. The van der Waals surface area contributed by atoms with Crippen molar-refractivity contribution in [1.29, 1.82) is 0 Å². The molecule has 5 nitrogen and oxygen atoms in total. The van der Waals surface area contributed by atoms with Crippen LogP contribution in [0.3, 0.4) is 0 Å². The van der Waals surface area contributed by atoms with Crippen molar-refractivity contribution in [2.75, 3.05) is 33.2 Å². The summed E-state index contributed by atoms with van der Waals surface area (Å²) in [5.74, 6) is -1.15. The molecule has 0 aliphatic rings. The molecule has 0 aliphatic heterocycles. The summed E-state index contributed by atoms with van der Waals surface area (Å²) in [7, 11) is 6.24. The van der Waals surface area contributed by atoms with Gasteiger partial charge in [-0.25, -0.2) is 9.59 Å². The van der Waals surface area contributed by atoms with E-state index in [1.165, 1.54) is 25.6 Å². The van der Waals surface area contributed by atoms with E-state index in [-0.39, 0.29) is 10.4 Å². The van der Waals surface area contributed by atoms with Crippen LogP contribution in [0, 0.1) is 0 Å². The van der Waals surface area contributed by atoms with E-state index < -0.39 is 11.9 Å². The van der Waals surface area contributed by atoms with Crippen LogP contribution in [0.2, 0.25) is 5.02 Å². The molecular formula is C16H16ClNO4S. The molecule has 0 amide bonds. The van der Waals surface area contributed by atoms with Gasteiger partial charge in [-0.3, -0.25) is 0 Å². The van der Waals surface area contributed by atoms with Crippen LogP contribution in [0.15, 0.2) is 24.3 Å². The van der Waals surface area contributed by atoms with Crippen LogP contribution in [-0.2, 0) is 9.47 Å². The number of ether oxygens (including phenoxy) is 2. The molecule has 2 rings (SSSR count). The number of anilines is 1. The Kier molecular flexibility index (Phi) is 5.28. The number of thiophene rings is 1. The first kappa shape index (κ1) is 17.3. The molecule has 1 aromatic heterocycles. The van der Waals surface area contributed by atoms with E-state index in [2.05, 4.69) is 0 Å². The predicted octanol–water partition coefficient (Wildman–Crippen LogP) is 3.71. The van der Waals surface area contributed by atoms with Crippen molar-refractivity contribution >= 4 is 39.9 Å². The van der Waals surface area contributed by atoms with Crippen molar-refractivity contribution in [3.63, 3.8) is 0 Å². The topological polar surface area (TPSA) is 55.8 Å². The molecule has 0 spiro atoms. The number of benzene rings is 1. The van der Waals surface area contributed by atoms with Crippen LogP contribution in [-0.4, -0.2) is 40.3 Å². The molecule has 122 valence electrons. The SMILES string of the molecule is COC(=O)c1sc(N(C)C)c(-c2ccc(Cl)cc2)c1C(=O)OC. The summed E-state index contributed by atoms with van der Waals surface area (Å²) in [5.41, 5.74) is 1.60. The van der Waals surface area contributed by atoms with E-state index in [0.717, 1.165) is 10.6 Å². The van der Waals surface area contributed by atoms with Crippen LogP contribution in [0.25, 0.3) is 11.1 Å². The molecule has 2 aromatic rings. The summed E-state index contributed by atoms with van der Waals surface area (Å²) >= 11 is 7.12. The number of nitrogens with zero attached hydrogens (tertiary/aromatic N) is 1. The lowest BCUT2D eigenvalue weighted by Crippen LogP contribution is -2.11. The number of halogens is 1. The molecule has 0 saturated carbocycles. The third-order valence-corrected chi connectivity index (χ3v) is 4.78. The second kappa shape index (κ2) is 7.02. The monoisotopic (exact) mass is 353 g/mol. The first-order chi connectivity index (χ1) is 10.9. The first-order valence-electron chi connectivity index (χ1n) is 6.67. The van der Waals surface area contributed by atoms with E-state index in [4.69, 9.17) is 21.1 Å². The van der Waals surface area contributed by atoms with E-state index in [1.54, 1.807) is 24.3 Å². The Bertz CT molecular complexity index is 737. The molecule has 0 aliphatic carbocycles. The maximum Gasteiger partial charge on any atom is 0.349 e. The summed E-state index contributed by atoms with van der Waals surface area (Å²) in [6.45, 7) is 0. The average Bonchev–Trinajstić information content (AvgIpc) is 2.94. The Morgan fingerprint density at radius 2 is 1.61 bits per heavy atom. The number of methoxy groups -OCH3 is 2. The van der Waals surface area contributed by atoms with Crippen LogP contribution in [0.1, 0.15) is 20.0 Å². The fourth-order valence-electron chi connectivity index (χ4n) is 2.15. The van der Waals surface area contributed by atoms with Gasteiger partial charge in [0.2, 0.25) is 0 Å². The van der Waals surface area contributed by atoms with Gasteiger partial charge in [-0.2, -0.15) is 0 Å². The molecule has 0 radical (unpaired) electrons. The number of hydrogen-bond donors (Lipinski definition) is 0. The highest BCUT2D eigenvalue weighted by molar-refractivity contribution is 7.19. The zero-order chi connectivity index (χ0) is 17.1. The maximum absolute atomic E-state index is 12.3. The normalized spacial score (nSPS) is 10.3. The summed E-state index contributed by atoms with van der Waals surface area (Å²) in [6, 6.07) is 7.05. The third-order valence-electron chi connectivity index (χ3n) is 3.19. The van der Waals surface area contributed by atoms with Gasteiger partial charge in [0.05, 0.1) is 19.8 Å². The lowest BCUT2D eigenvalue weighted by molar-refractivity contribution is 0.0561. The molecule has 23 heavy (non-hydrogen) atoms. The van der Waals surface area contributed by atoms with Gasteiger partial charge in [0.15, 0.2) is 0 Å². The van der Waals surface area contributed by atoms with Crippen molar-refractivity contribution in [3.05, 3.63) is 39.7 Å². The molecule has 1 heterocycles. The van der Waals surface area contributed by atoms with Crippen molar-refractivity contribution in [3.8, 4) is 11.1 Å². The number of hydrogen-bond acceptors (Lipinski definition) is 6. The highest BCUT2D eigenvalue weighted by Gasteiger charge is 2.30. The summed E-state index contributed by atoms with van der Waals surface area (Å²) in [5, 5.41) is 1.34. The summed E-state index contributed by atoms with van der Waals surface area (Å²) in [6.07, 6.45) is 0. The highest BCUT2D eigenvalue weighted by atomic mass is 35.5. The largest absolute Gasteiger partial charge is 0.465 e. The lowest BCUT2D eigenvalue weighted by atomic mass is 10.0. The molecule has 0 atom stereocenters. The molecule has 0 bridgehead atoms. The number of carbonyl (C=O) groups excluding carboxylic acids is 2. The zero-order valence-corrected chi connectivity index (χ0v) is 14.7. The third kappa shape index (κ3) is 3.33. The quantitative estimate of drug-likeness (QED) is 0.784. The Hall–Kier alpha value is -2.05. The zero-order valence-electron chi connectivity index (χ0n) is 13.2. The summed E-state index contributed by atoms with van der Waals surface area (Å²) < 4.78 is 9.66. The molecule has 0 N–H and O–H groups in total. The van der Waals surface area contributed by atoms with Gasteiger partial charge >= 0.3 is 11.9 Å². The molecule has 7 heteroatoms. The van der Waals surface area contributed by atoms with Gasteiger partial charge in [-0.1, -0.05) is 23.7 Å². The Labute approximate surface area is 143 Å². The van der Waals surface area contributed by atoms with Gasteiger partial charge < -0.3 is 14.4 Å². The molecule has 0 unspecified atom stereocenters. The molecule has 0 fully saturated rings. The minimum atomic E-state index is -0.584. The van der Waals surface area contributed by atoms with E-state index >= 15 is 0 Å². The van der Waals surface area contributed by atoms with Gasteiger partial charge in [0.1, 0.15) is 9.88 Å². The van der Waals surface area contributed by atoms with Crippen molar-refractivity contribution < 1.29 is 19.1 Å². The van der Waals surface area contributed by atoms with Crippen molar-refractivity contribution in [1.82, 2.24) is 0 Å². The Balaban J connectivity index is 2.80. The fourth-order valence-corrected chi connectivity index (χ4v) is 3.43. The van der Waals surface area contributed by atoms with Gasteiger partial charge in [-0.15, -0.1) is 11.3 Å². The predicted molar refractivity (Wildman–Crippen MR) is 91.8 cm³/mol. The Morgan fingerprint density at radius 3 is 2.09 bits per heavy atom. The van der Waals surface area contributed by atoms with Crippen LogP contribution >= 0.6 is 22.9 Å². The minimum Gasteiger partial charge on any atom is -0.465 e. The maximum atomic E-state index is 12.3. The second-order valence-corrected chi connectivity index (χ2v) is 6.31. The first-order valence-corrected chi connectivity index (χ1v) is 7.86. The number of esters is 2. The molecule has 0 saturated heterocycles. The standard InChI is InChI=1S/C16H16ClNO4S/c1-18(2)14-11(9-5-7-10(17)8-6-9)12(15(19)21-3)13(23-14)16(20)22-4/h5-8H,1-4H3. The van der Waals surface area contributed by atoms with Crippen molar-refractivity contribution in [2.45, 2.75) is 0 Å². The van der Waals surface area contributed by atoms with Gasteiger partial charge in [-0.05, 0) is 17.7 Å². The average molecular weight is 354 g/mol. The van der Waals surface area contributed by atoms with Crippen LogP contribution < -0.4 is 4.90 Å². The van der Waals surface area contributed by atoms with Crippen molar-refractivity contribution in [2.24, 2.45) is 0 Å². The summed E-state index contributed by atoms with van der Waals surface area (Å²) in [4.78, 5) is 26.4. The van der Waals surface area contributed by atoms with Crippen LogP contribution in [0.5, 0.6) is 0 Å². The number of carbonyl (C=O) groups is 2. The smallest absolute Gasteiger partial charge is 0.349 e. The fraction of sp³-hybridized carbons (Fsp3) is 0.250. The van der Waals surface area contributed by atoms with Gasteiger partial charge in [0, 0.05) is 24.7 Å². The van der Waals surface area contributed by atoms with Crippen LogP contribution in [0.4, 0.5) is 5.00 Å². The van der Waals surface area contributed by atoms with E-state index in [0.29, 0.717) is 10.6 Å².